The number of aryl methyl sites for hydroxylation is 1. The lowest BCUT2D eigenvalue weighted by Gasteiger charge is -2.31. The number of amides is 2. The van der Waals surface area contributed by atoms with Crippen molar-refractivity contribution in [3.05, 3.63) is 71.8 Å². The van der Waals surface area contributed by atoms with Gasteiger partial charge in [-0.1, -0.05) is 30.3 Å². The number of phenols is 1. The molecule has 1 atom stereocenters. The molecule has 1 aromatic heterocycles. The lowest BCUT2D eigenvalue weighted by Crippen LogP contribution is -2.43. The normalized spacial score (nSPS) is 16.2. The van der Waals surface area contributed by atoms with Gasteiger partial charge in [-0.15, -0.1) is 0 Å². The maximum absolute atomic E-state index is 12.6. The first kappa shape index (κ1) is 19.4. The van der Waals surface area contributed by atoms with Crippen LogP contribution in [0.25, 0.3) is 11.3 Å². The van der Waals surface area contributed by atoms with Crippen LogP contribution in [-0.4, -0.2) is 27.3 Å². The molecule has 1 unspecified atom stereocenters. The van der Waals surface area contributed by atoms with Crippen LogP contribution in [0.15, 0.2) is 55.0 Å². The van der Waals surface area contributed by atoms with E-state index in [0.29, 0.717) is 23.6 Å². The van der Waals surface area contributed by atoms with Crippen LogP contribution < -0.4 is 21.1 Å². The number of nitrogens with zero attached hydrogens (tertiary/aromatic N) is 2. The minimum atomic E-state index is -0.528. The van der Waals surface area contributed by atoms with Crippen molar-refractivity contribution < 1.29 is 14.6 Å². The van der Waals surface area contributed by atoms with Gasteiger partial charge in [-0.3, -0.25) is 0 Å². The summed E-state index contributed by atoms with van der Waals surface area (Å²) >= 11 is 0. The first-order valence-electron chi connectivity index (χ1n) is 9.58. The van der Waals surface area contributed by atoms with Gasteiger partial charge in [0.05, 0.1) is 30.4 Å². The van der Waals surface area contributed by atoms with Gasteiger partial charge in [0.15, 0.2) is 11.5 Å². The highest BCUT2D eigenvalue weighted by molar-refractivity contribution is 6.02. The third-order valence-corrected chi connectivity index (χ3v) is 4.88. The highest BCUT2D eigenvalue weighted by atomic mass is 16.5. The highest BCUT2D eigenvalue weighted by Gasteiger charge is 2.31. The van der Waals surface area contributed by atoms with Crippen LogP contribution in [0.2, 0.25) is 0 Å². The predicted octanol–water partition coefficient (Wildman–Crippen LogP) is 3.03. The molecule has 0 radical (unpaired) electrons. The van der Waals surface area contributed by atoms with Gasteiger partial charge < -0.3 is 30.8 Å². The fourth-order valence-corrected chi connectivity index (χ4v) is 3.57. The van der Waals surface area contributed by atoms with E-state index in [2.05, 4.69) is 15.6 Å². The van der Waals surface area contributed by atoms with E-state index in [-0.39, 0.29) is 23.2 Å². The Bertz CT molecular complexity index is 1120. The van der Waals surface area contributed by atoms with Gasteiger partial charge in [0, 0.05) is 18.8 Å². The Kier molecular flexibility index (Phi) is 5.05. The Morgan fingerprint density at radius 2 is 2.03 bits per heavy atom. The van der Waals surface area contributed by atoms with Crippen molar-refractivity contribution >= 4 is 23.0 Å². The number of ether oxygens (including phenoxy) is 1. The smallest absolute Gasteiger partial charge is 0.320 e. The second-order valence-electron chi connectivity index (χ2n) is 7.00. The molecule has 5 N–H and O–H groups in total. The summed E-state index contributed by atoms with van der Waals surface area (Å²) < 4.78 is 7.36. The molecule has 0 aliphatic carbocycles. The molecule has 4 rings (SSSR count). The lowest BCUT2D eigenvalue weighted by molar-refractivity contribution is 0.242. The van der Waals surface area contributed by atoms with Crippen molar-refractivity contribution in [3.8, 4) is 11.5 Å². The van der Waals surface area contributed by atoms with Crippen LogP contribution in [0.1, 0.15) is 29.8 Å². The number of carbonyl (C=O) groups is 1. The number of nitrogen functional groups attached to an aromatic ring is 1. The molecule has 3 aromatic rings. The molecule has 0 saturated carbocycles. The first-order valence-corrected chi connectivity index (χ1v) is 9.58. The van der Waals surface area contributed by atoms with Gasteiger partial charge in [-0.2, -0.15) is 0 Å². The van der Waals surface area contributed by atoms with Crippen molar-refractivity contribution in [2.24, 2.45) is 7.05 Å². The van der Waals surface area contributed by atoms with Crippen LogP contribution in [0.4, 0.5) is 10.5 Å². The largest absolute Gasteiger partial charge is 0.503 e. The monoisotopic (exact) mass is 405 g/mol. The Morgan fingerprint density at radius 1 is 1.27 bits per heavy atom. The average molecular weight is 405 g/mol. The molecule has 2 amide bonds. The van der Waals surface area contributed by atoms with Crippen molar-refractivity contribution in [2.45, 2.75) is 13.0 Å². The zero-order valence-corrected chi connectivity index (χ0v) is 16.7. The van der Waals surface area contributed by atoms with Gasteiger partial charge >= 0.3 is 6.03 Å². The number of hydrogen-bond acceptors (Lipinski definition) is 5. The predicted molar refractivity (Wildman–Crippen MR) is 115 cm³/mol. The zero-order chi connectivity index (χ0) is 21.3. The second kappa shape index (κ2) is 7.82. The zero-order valence-electron chi connectivity index (χ0n) is 16.7. The first-order chi connectivity index (χ1) is 14.5. The molecule has 0 fully saturated rings. The molecule has 154 valence electrons. The number of imidazole rings is 1. The number of aromatic hydroxyl groups is 1. The summed E-state index contributed by atoms with van der Waals surface area (Å²) in [7, 11) is 1.87. The molecule has 0 spiro atoms. The van der Waals surface area contributed by atoms with Crippen LogP contribution in [0.5, 0.6) is 11.5 Å². The summed E-state index contributed by atoms with van der Waals surface area (Å²) in [6.45, 7) is 2.19. The van der Waals surface area contributed by atoms with E-state index < -0.39 is 6.04 Å². The molecule has 8 nitrogen and oxygen atoms in total. The number of aromatic nitrogens is 2. The fourth-order valence-electron chi connectivity index (χ4n) is 3.57. The van der Waals surface area contributed by atoms with E-state index in [1.165, 1.54) is 0 Å². The number of rotatable bonds is 5. The maximum Gasteiger partial charge on any atom is 0.320 e. The van der Waals surface area contributed by atoms with Gasteiger partial charge in [0.2, 0.25) is 0 Å². The third kappa shape index (κ3) is 3.55. The molecule has 0 saturated heterocycles. The Morgan fingerprint density at radius 3 is 2.70 bits per heavy atom. The van der Waals surface area contributed by atoms with E-state index in [4.69, 9.17) is 10.5 Å². The number of carbonyl (C=O) groups excluding carboxylic acids is 1. The van der Waals surface area contributed by atoms with Crippen molar-refractivity contribution in [2.75, 3.05) is 12.3 Å². The summed E-state index contributed by atoms with van der Waals surface area (Å²) in [6, 6.07) is 12.2. The summed E-state index contributed by atoms with van der Waals surface area (Å²) in [5.41, 5.74) is 9.91. The fraction of sp³-hybridized carbons (Fsp3) is 0.182. The minimum Gasteiger partial charge on any atom is -0.503 e. The lowest BCUT2D eigenvalue weighted by atomic mass is 9.88. The highest BCUT2D eigenvalue weighted by Crippen LogP contribution is 2.42. The number of benzene rings is 2. The number of anilines is 1. The van der Waals surface area contributed by atoms with Crippen LogP contribution in [0, 0.1) is 0 Å². The number of nitrogens with two attached hydrogens (primary N) is 1. The van der Waals surface area contributed by atoms with Crippen molar-refractivity contribution in [1.29, 1.82) is 0 Å². The molecule has 30 heavy (non-hydrogen) atoms. The van der Waals surface area contributed by atoms with Crippen LogP contribution in [-0.2, 0) is 7.05 Å². The Labute approximate surface area is 174 Å². The molecule has 1 aliphatic heterocycles. The van der Waals surface area contributed by atoms with Gasteiger partial charge in [0.1, 0.15) is 5.69 Å². The van der Waals surface area contributed by atoms with E-state index in [9.17, 15) is 9.90 Å². The molecule has 2 aromatic carbocycles. The number of nitrogens with one attached hydrogen (secondary N) is 2. The Balaban J connectivity index is 1.95. The number of urea groups is 1. The van der Waals surface area contributed by atoms with Crippen molar-refractivity contribution in [1.82, 2.24) is 20.2 Å². The van der Waals surface area contributed by atoms with E-state index >= 15 is 0 Å². The van der Waals surface area contributed by atoms with Crippen LogP contribution in [0.3, 0.4) is 0 Å². The van der Waals surface area contributed by atoms with Gasteiger partial charge in [0.25, 0.3) is 0 Å². The summed E-state index contributed by atoms with van der Waals surface area (Å²) in [4.78, 5) is 17.0. The molecule has 0 bridgehead atoms. The SMILES string of the molecule is CCOc1cc(C2NC(=O)NC(c3cn(C)cn3)=C2c2ccccc2)cc(N)c1O. The number of phenolic OH excluding ortho intramolecular Hbond substituents is 1. The summed E-state index contributed by atoms with van der Waals surface area (Å²) in [6.07, 6.45) is 3.53. The molecule has 8 heteroatoms. The van der Waals surface area contributed by atoms with Gasteiger partial charge in [-0.25, -0.2) is 9.78 Å². The third-order valence-electron chi connectivity index (χ3n) is 4.88. The summed E-state index contributed by atoms with van der Waals surface area (Å²) in [5.74, 6) is 0.156. The number of hydrogen-bond donors (Lipinski definition) is 4. The van der Waals surface area contributed by atoms with E-state index in [0.717, 1.165) is 11.1 Å². The van der Waals surface area contributed by atoms with E-state index in [1.54, 1.807) is 18.5 Å². The van der Waals surface area contributed by atoms with Crippen LogP contribution >= 0.6 is 0 Å². The molecule has 2 heterocycles. The standard InChI is InChI=1S/C22H23N5O3/c1-3-30-17-10-14(9-15(23)21(17)28)19-18(13-7-5-4-6-8-13)20(26-22(29)25-19)16-11-27(2)12-24-16/h4-12,19,28H,3,23H2,1-2H3,(H2,25,26,29). The second-order valence-corrected chi connectivity index (χ2v) is 7.00. The van der Waals surface area contributed by atoms with Crippen molar-refractivity contribution in [3.63, 3.8) is 0 Å². The molecule has 1 aliphatic rings. The Hall–Kier alpha value is -3.94. The molecular weight excluding hydrogens is 382 g/mol. The van der Waals surface area contributed by atoms with Gasteiger partial charge in [-0.05, 0) is 30.2 Å². The minimum absolute atomic E-state index is 0.115. The summed E-state index contributed by atoms with van der Waals surface area (Å²) in [5, 5.41) is 16.1. The quantitative estimate of drug-likeness (QED) is 0.385. The maximum atomic E-state index is 12.6. The van der Waals surface area contributed by atoms with E-state index in [1.807, 2.05) is 55.1 Å². The average Bonchev–Trinajstić information content (AvgIpc) is 3.17. The topological polar surface area (TPSA) is 114 Å². The molecular formula is C22H23N5O3.